The minimum atomic E-state index is -5.61. The summed E-state index contributed by atoms with van der Waals surface area (Å²) in [5.41, 5.74) is 6.22. The molecule has 0 bridgehead atoms. The SMILES string of the molecule is Nc1ncnc2c1ncn2[C@@H]1C[C@H](OCP(=O)(O)OP(=O)(O)OP(=O)(O)O)[C@@H](O)[C@H]1O. The van der Waals surface area contributed by atoms with E-state index in [0.717, 1.165) is 0 Å². The number of aromatic nitrogens is 4. The quantitative estimate of drug-likeness (QED) is 0.208. The Bertz CT molecular complexity index is 1110. The van der Waals surface area contributed by atoms with Crippen molar-refractivity contribution in [1.82, 2.24) is 19.5 Å². The lowest BCUT2D eigenvalue weighted by atomic mass is 10.2. The molecule has 2 aromatic rings. The van der Waals surface area contributed by atoms with Gasteiger partial charge in [-0.05, 0) is 6.42 Å². The summed E-state index contributed by atoms with van der Waals surface area (Å²) in [6.07, 6.45) is -3.08. The van der Waals surface area contributed by atoms with Gasteiger partial charge in [0.1, 0.15) is 30.4 Å². The number of anilines is 1. The molecule has 6 atom stereocenters. The van der Waals surface area contributed by atoms with Gasteiger partial charge in [0.2, 0.25) is 0 Å². The van der Waals surface area contributed by atoms with E-state index in [-0.39, 0.29) is 23.4 Å². The smallest absolute Gasteiger partial charge is 0.388 e. The van der Waals surface area contributed by atoms with Crippen molar-refractivity contribution in [3.8, 4) is 0 Å². The Labute approximate surface area is 172 Å². The minimum Gasteiger partial charge on any atom is -0.388 e. The molecule has 17 nitrogen and oxygen atoms in total. The van der Waals surface area contributed by atoms with Gasteiger partial charge in [-0.15, -0.1) is 0 Å². The summed E-state index contributed by atoms with van der Waals surface area (Å²) in [5.74, 6) is 0.0916. The molecule has 1 saturated carbocycles. The molecule has 31 heavy (non-hydrogen) atoms. The van der Waals surface area contributed by atoms with Gasteiger partial charge in [0.05, 0.1) is 18.5 Å². The first-order valence-corrected chi connectivity index (χ1v) is 13.0. The van der Waals surface area contributed by atoms with E-state index in [4.69, 9.17) is 20.3 Å². The highest BCUT2D eigenvalue weighted by atomic mass is 31.3. The first-order valence-electron chi connectivity index (χ1n) is 8.23. The number of phosphoric acid groups is 2. The lowest BCUT2D eigenvalue weighted by Crippen LogP contribution is -2.33. The Morgan fingerprint density at radius 1 is 1.06 bits per heavy atom. The number of nitrogens with zero attached hydrogens (tertiary/aromatic N) is 4. The molecule has 2 unspecified atom stereocenters. The van der Waals surface area contributed by atoms with E-state index in [1.807, 2.05) is 0 Å². The topological polar surface area (TPSA) is 270 Å². The number of imidazole rings is 1. The second kappa shape index (κ2) is 8.56. The molecule has 1 aliphatic rings. The molecule has 0 aliphatic heterocycles. The van der Waals surface area contributed by atoms with Crippen LogP contribution in [-0.2, 0) is 27.1 Å². The second-order valence-electron chi connectivity index (χ2n) is 6.46. The third kappa shape index (κ3) is 5.73. The van der Waals surface area contributed by atoms with E-state index < -0.39 is 53.9 Å². The van der Waals surface area contributed by atoms with Gasteiger partial charge < -0.3 is 44.8 Å². The van der Waals surface area contributed by atoms with E-state index in [9.17, 15) is 33.7 Å². The molecule has 8 N–H and O–H groups in total. The number of rotatable bonds is 8. The predicted octanol–water partition coefficient (Wildman–Crippen LogP) is -1.17. The molecule has 2 aromatic heterocycles. The number of nitrogen functional groups attached to an aromatic ring is 1. The predicted molar refractivity (Wildman–Crippen MR) is 99.0 cm³/mol. The third-order valence-electron chi connectivity index (χ3n) is 4.24. The molecule has 0 radical (unpaired) electrons. The average Bonchev–Trinajstić information content (AvgIpc) is 3.13. The van der Waals surface area contributed by atoms with Crippen LogP contribution in [0.5, 0.6) is 0 Å². The van der Waals surface area contributed by atoms with Gasteiger partial charge >= 0.3 is 23.2 Å². The van der Waals surface area contributed by atoms with E-state index in [1.165, 1.54) is 17.2 Å². The molecule has 0 aromatic carbocycles. The Hall–Kier alpha value is -1.32. The molecular weight excluding hydrogens is 487 g/mol. The minimum absolute atomic E-state index is 0.0916. The average molecular weight is 505 g/mol. The highest BCUT2D eigenvalue weighted by molar-refractivity contribution is 7.68. The Kier molecular flexibility index (Phi) is 6.71. The number of ether oxygens (including phenoxy) is 1. The van der Waals surface area contributed by atoms with Crippen LogP contribution in [0, 0.1) is 0 Å². The molecule has 0 saturated heterocycles. The van der Waals surface area contributed by atoms with Gasteiger partial charge in [-0.3, -0.25) is 4.57 Å². The van der Waals surface area contributed by atoms with E-state index in [2.05, 4.69) is 23.6 Å². The standard InChI is InChI=1S/C11H18N5O12P3/c12-10-7-11(14-2-13-10)16(3-15-7)5-1-6(9(18)8(5)17)26-4-29(19,20)27-31(24,25)28-30(21,22)23/h2-3,5-6,8-9,17-18H,1,4H2,(H,19,20)(H,24,25)(H2,12,13,14)(H2,21,22,23)/t5-,6+,8+,9-/m1/s1. The monoisotopic (exact) mass is 505 g/mol. The van der Waals surface area contributed by atoms with E-state index in [1.54, 1.807) is 0 Å². The zero-order valence-electron chi connectivity index (χ0n) is 15.2. The Morgan fingerprint density at radius 2 is 1.74 bits per heavy atom. The maximum absolute atomic E-state index is 11.9. The molecule has 1 aliphatic carbocycles. The van der Waals surface area contributed by atoms with E-state index in [0.29, 0.717) is 0 Å². The van der Waals surface area contributed by atoms with Gasteiger partial charge in [0.25, 0.3) is 0 Å². The number of aliphatic hydroxyl groups is 2. The van der Waals surface area contributed by atoms with Crippen LogP contribution in [0.4, 0.5) is 5.82 Å². The molecule has 174 valence electrons. The maximum Gasteiger partial charge on any atom is 0.488 e. The number of nitrogens with two attached hydrogens (primary N) is 1. The van der Waals surface area contributed by atoms with E-state index >= 15 is 0 Å². The first-order chi connectivity index (χ1) is 14.2. The molecule has 3 rings (SSSR count). The zero-order valence-corrected chi connectivity index (χ0v) is 17.9. The zero-order chi connectivity index (χ0) is 23.2. The first kappa shape index (κ1) is 24.3. The fraction of sp³-hybridized carbons (Fsp3) is 0.545. The van der Waals surface area contributed by atoms with Gasteiger partial charge in [-0.2, -0.15) is 4.31 Å². The highest BCUT2D eigenvalue weighted by Gasteiger charge is 2.46. The number of fused-ring (bicyclic) bond motifs is 1. The summed E-state index contributed by atoms with van der Waals surface area (Å²) < 4.78 is 47.8. The lowest BCUT2D eigenvalue weighted by Gasteiger charge is -2.20. The molecule has 1 fully saturated rings. The summed E-state index contributed by atoms with van der Waals surface area (Å²) >= 11 is 0. The summed E-state index contributed by atoms with van der Waals surface area (Å²) in [7, 11) is -16.2. The van der Waals surface area contributed by atoms with Crippen LogP contribution in [0.3, 0.4) is 0 Å². The number of hydrogen-bond acceptors (Lipinski definition) is 12. The second-order valence-corrected chi connectivity index (χ2v) is 11.2. The van der Waals surface area contributed by atoms with Crippen molar-refractivity contribution in [1.29, 1.82) is 0 Å². The van der Waals surface area contributed by atoms with Gasteiger partial charge in [-0.25, -0.2) is 28.4 Å². The van der Waals surface area contributed by atoms with Gasteiger partial charge in [0.15, 0.2) is 11.5 Å². The Balaban J connectivity index is 1.69. The summed E-state index contributed by atoms with van der Waals surface area (Å²) in [6.45, 7) is 0. The summed E-state index contributed by atoms with van der Waals surface area (Å²) in [5, 5.41) is 20.6. The molecule has 2 heterocycles. The fourth-order valence-corrected chi connectivity index (χ4v) is 6.37. The largest absolute Gasteiger partial charge is 0.488 e. The Morgan fingerprint density at radius 3 is 2.39 bits per heavy atom. The van der Waals surface area contributed by atoms with Crippen LogP contribution in [-0.4, -0.2) is 74.0 Å². The van der Waals surface area contributed by atoms with Gasteiger partial charge in [-0.1, -0.05) is 0 Å². The van der Waals surface area contributed by atoms with Crippen LogP contribution < -0.4 is 5.73 Å². The van der Waals surface area contributed by atoms with Crippen LogP contribution in [0.25, 0.3) is 11.2 Å². The summed E-state index contributed by atoms with van der Waals surface area (Å²) in [6, 6.07) is -0.833. The molecular formula is C11H18N5O12P3. The van der Waals surface area contributed by atoms with Crippen molar-refractivity contribution in [2.45, 2.75) is 30.8 Å². The normalized spacial score (nSPS) is 28.5. The van der Waals surface area contributed by atoms with Crippen molar-refractivity contribution in [3.63, 3.8) is 0 Å². The van der Waals surface area contributed by atoms with Crippen molar-refractivity contribution < 1.29 is 56.8 Å². The van der Waals surface area contributed by atoms with Crippen LogP contribution in [0.2, 0.25) is 0 Å². The number of aliphatic hydroxyl groups excluding tert-OH is 2. The van der Waals surface area contributed by atoms with Crippen LogP contribution >= 0.6 is 23.2 Å². The lowest BCUT2D eigenvalue weighted by molar-refractivity contribution is -0.0477. The van der Waals surface area contributed by atoms with Crippen LogP contribution in [0.15, 0.2) is 12.7 Å². The van der Waals surface area contributed by atoms with Gasteiger partial charge in [0, 0.05) is 0 Å². The number of hydrogen-bond donors (Lipinski definition) is 7. The van der Waals surface area contributed by atoms with Crippen molar-refractivity contribution in [2.75, 3.05) is 12.1 Å². The summed E-state index contributed by atoms with van der Waals surface area (Å²) in [4.78, 5) is 47.7. The van der Waals surface area contributed by atoms with Crippen LogP contribution in [0.1, 0.15) is 12.5 Å². The molecule has 20 heteroatoms. The molecule has 0 spiro atoms. The maximum atomic E-state index is 11.9. The van der Waals surface area contributed by atoms with Crippen molar-refractivity contribution in [2.24, 2.45) is 0 Å². The van der Waals surface area contributed by atoms with Crippen molar-refractivity contribution >= 4 is 40.2 Å². The highest BCUT2D eigenvalue weighted by Crippen LogP contribution is 2.66. The molecule has 0 amide bonds. The fourth-order valence-electron chi connectivity index (χ4n) is 3.05. The third-order valence-corrected chi connectivity index (χ3v) is 8.23. The van der Waals surface area contributed by atoms with Crippen molar-refractivity contribution in [3.05, 3.63) is 12.7 Å².